The SMILES string of the molecule is COCCNc1nc(Cc2ccc(OC)c(OC)c2)ns1. The number of nitrogens with one attached hydrogen (secondary N) is 1. The molecule has 21 heavy (non-hydrogen) atoms. The van der Waals surface area contributed by atoms with Crippen molar-refractivity contribution >= 4 is 16.7 Å². The molecule has 1 aromatic heterocycles. The minimum atomic E-state index is 0.643. The summed E-state index contributed by atoms with van der Waals surface area (Å²) in [6.45, 7) is 1.37. The van der Waals surface area contributed by atoms with Gasteiger partial charge in [-0.3, -0.25) is 0 Å². The first-order chi connectivity index (χ1) is 10.3. The van der Waals surface area contributed by atoms with Crippen molar-refractivity contribution in [1.29, 1.82) is 0 Å². The van der Waals surface area contributed by atoms with Crippen molar-refractivity contribution < 1.29 is 14.2 Å². The van der Waals surface area contributed by atoms with Gasteiger partial charge in [0.05, 0.1) is 20.8 Å². The van der Waals surface area contributed by atoms with Gasteiger partial charge in [-0.2, -0.15) is 4.37 Å². The van der Waals surface area contributed by atoms with E-state index in [2.05, 4.69) is 14.7 Å². The summed E-state index contributed by atoms with van der Waals surface area (Å²) in [5.74, 6) is 2.21. The third-order valence-corrected chi connectivity index (χ3v) is 3.57. The summed E-state index contributed by atoms with van der Waals surface area (Å²) in [5.41, 5.74) is 1.08. The first kappa shape index (κ1) is 15.5. The Kier molecular flexibility index (Phi) is 5.77. The summed E-state index contributed by atoms with van der Waals surface area (Å²) in [6, 6.07) is 5.82. The first-order valence-electron chi connectivity index (χ1n) is 6.53. The third kappa shape index (κ3) is 4.30. The van der Waals surface area contributed by atoms with Crippen molar-refractivity contribution in [1.82, 2.24) is 9.36 Å². The lowest BCUT2D eigenvalue weighted by molar-refractivity contribution is 0.211. The molecule has 1 aromatic carbocycles. The fourth-order valence-corrected chi connectivity index (χ4v) is 2.44. The maximum Gasteiger partial charge on any atom is 0.202 e. The molecule has 0 spiro atoms. The lowest BCUT2D eigenvalue weighted by Crippen LogP contribution is -2.07. The van der Waals surface area contributed by atoms with Crippen molar-refractivity contribution in [3.63, 3.8) is 0 Å². The van der Waals surface area contributed by atoms with Crippen LogP contribution in [0.1, 0.15) is 11.4 Å². The van der Waals surface area contributed by atoms with Crippen LogP contribution in [0, 0.1) is 0 Å². The highest BCUT2D eigenvalue weighted by Crippen LogP contribution is 2.28. The number of aromatic nitrogens is 2. The van der Waals surface area contributed by atoms with E-state index in [0.717, 1.165) is 28.8 Å². The van der Waals surface area contributed by atoms with Crippen LogP contribution in [0.3, 0.4) is 0 Å². The topological polar surface area (TPSA) is 65.5 Å². The zero-order chi connectivity index (χ0) is 15.1. The number of nitrogens with zero attached hydrogens (tertiary/aromatic N) is 2. The molecule has 2 rings (SSSR count). The maximum absolute atomic E-state index is 5.30. The molecular formula is C14H19N3O3S. The second-order valence-corrected chi connectivity index (χ2v) is 5.05. The van der Waals surface area contributed by atoms with E-state index in [9.17, 15) is 0 Å². The molecule has 114 valence electrons. The monoisotopic (exact) mass is 309 g/mol. The predicted molar refractivity (Wildman–Crippen MR) is 82.6 cm³/mol. The molecular weight excluding hydrogens is 290 g/mol. The fraction of sp³-hybridized carbons (Fsp3) is 0.429. The molecule has 0 saturated heterocycles. The molecule has 0 aliphatic carbocycles. The van der Waals surface area contributed by atoms with Crippen LogP contribution in [-0.2, 0) is 11.2 Å². The van der Waals surface area contributed by atoms with E-state index >= 15 is 0 Å². The Morgan fingerprint density at radius 3 is 2.67 bits per heavy atom. The van der Waals surface area contributed by atoms with Gasteiger partial charge in [-0.05, 0) is 17.7 Å². The zero-order valence-corrected chi connectivity index (χ0v) is 13.2. The van der Waals surface area contributed by atoms with Gasteiger partial charge in [0.1, 0.15) is 5.82 Å². The Balaban J connectivity index is 2.01. The van der Waals surface area contributed by atoms with Crippen LogP contribution in [0.25, 0.3) is 0 Å². The zero-order valence-electron chi connectivity index (χ0n) is 12.4. The van der Waals surface area contributed by atoms with Gasteiger partial charge in [0, 0.05) is 31.6 Å². The molecule has 0 radical (unpaired) electrons. The van der Waals surface area contributed by atoms with E-state index in [4.69, 9.17) is 14.2 Å². The van der Waals surface area contributed by atoms with Gasteiger partial charge in [-0.15, -0.1) is 0 Å². The van der Waals surface area contributed by atoms with Crippen molar-refractivity contribution in [2.75, 3.05) is 39.8 Å². The lowest BCUT2D eigenvalue weighted by Gasteiger charge is -2.08. The van der Waals surface area contributed by atoms with E-state index in [1.54, 1.807) is 21.3 Å². The Bertz CT molecular complexity index is 574. The van der Waals surface area contributed by atoms with E-state index in [0.29, 0.717) is 18.8 Å². The van der Waals surface area contributed by atoms with Gasteiger partial charge in [0.2, 0.25) is 5.13 Å². The molecule has 0 atom stereocenters. The number of benzene rings is 1. The van der Waals surface area contributed by atoms with Gasteiger partial charge in [-0.25, -0.2) is 4.98 Å². The second kappa shape index (κ2) is 7.80. The molecule has 0 unspecified atom stereocenters. The predicted octanol–water partition coefficient (Wildman–Crippen LogP) is 2.20. The Labute approximate surface area is 128 Å². The summed E-state index contributed by atoms with van der Waals surface area (Å²) in [4.78, 5) is 4.44. The molecule has 0 bridgehead atoms. The van der Waals surface area contributed by atoms with Gasteiger partial charge in [-0.1, -0.05) is 6.07 Å². The summed E-state index contributed by atoms with van der Waals surface area (Å²) in [7, 11) is 4.92. The van der Waals surface area contributed by atoms with Crippen molar-refractivity contribution in [3.05, 3.63) is 29.6 Å². The standard InChI is InChI=1S/C14H19N3O3S/c1-18-7-6-15-14-16-13(17-21-14)9-10-4-5-11(19-2)12(8-10)20-3/h4-5,8H,6-7,9H2,1-3H3,(H,15,16,17). The highest BCUT2D eigenvalue weighted by Gasteiger charge is 2.08. The summed E-state index contributed by atoms with van der Waals surface area (Å²) < 4.78 is 19.8. The molecule has 0 aliphatic heterocycles. The molecule has 0 saturated carbocycles. The molecule has 0 amide bonds. The summed E-state index contributed by atoms with van der Waals surface area (Å²) in [5, 5.41) is 3.98. The molecule has 1 N–H and O–H groups in total. The largest absolute Gasteiger partial charge is 0.493 e. The number of anilines is 1. The van der Waals surface area contributed by atoms with E-state index in [-0.39, 0.29) is 0 Å². The summed E-state index contributed by atoms with van der Waals surface area (Å²) in [6.07, 6.45) is 0.656. The molecule has 0 aliphatic rings. The van der Waals surface area contributed by atoms with Crippen LogP contribution in [-0.4, -0.2) is 43.8 Å². The number of ether oxygens (including phenoxy) is 3. The molecule has 6 nitrogen and oxygen atoms in total. The van der Waals surface area contributed by atoms with E-state index in [1.807, 2.05) is 18.2 Å². The van der Waals surface area contributed by atoms with Crippen LogP contribution >= 0.6 is 11.5 Å². The maximum atomic E-state index is 5.30. The minimum Gasteiger partial charge on any atom is -0.493 e. The first-order valence-corrected chi connectivity index (χ1v) is 7.30. The molecule has 2 aromatic rings. The number of methoxy groups -OCH3 is 3. The molecule has 7 heteroatoms. The van der Waals surface area contributed by atoms with Crippen LogP contribution in [0.5, 0.6) is 11.5 Å². The Hall–Kier alpha value is -1.86. The summed E-state index contributed by atoms with van der Waals surface area (Å²) >= 11 is 1.35. The highest BCUT2D eigenvalue weighted by molar-refractivity contribution is 7.09. The van der Waals surface area contributed by atoms with Crippen LogP contribution in [0.15, 0.2) is 18.2 Å². The van der Waals surface area contributed by atoms with Gasteiger partial charge in [0.25, 0.3) is 0 Å². The molecule has 0 fully saturated rings. The van der Waals surface area contributed by atoms with Crippen molar-refractivity contribution in [2.45, 2.75) is 6.42 Å². The van der Waals surface area contributed by atoms with Crippen molar-refractivity contribution in [3.8, 4) is 11.5 Å². The average molecular weight is 309 g/mol. The van der Waals surface area contributed by atoms with Gasteiger partial charge in [0.15, 0.2) is 11.5 Å². The normalized spacial score (nSPS) is 10.4. The fourth-order valence-electron chi connectivity index (χ4n) is 1.83. The van der Waals surface area contributed by atoms with Gasteiger partial charge >= 0.3 is 0 Å². The number of hydrogen-bond acceptors (Lipinski definition) is 7. The van der Waals surface area contributed by atoms with Crippen LogP contribution in [0.2, 0.25) is 0 Å². The van der Waals surface area contributed by atoms with E-state index < -0.39 is 0 Å². The van der Waals surface area contributed by atoms with Crippen LogP contribution < -0.4 is 14.8 Å². The van der Waals surface area contributed by atoms with Gasteiger partial charge < -0.3 is 19.5 Å². The second-order valence-electron chi connectivity index (χ2n) is 4.30. The Morgan fingerprint density at radius 2 is 1.95 bits per heavy atom. The van der Waals surface area contributed by atoms with Crippen LogP contribution in [0.4, 0.5) is 5.13 Å². The van der Waals surface area contributed by atoms with E-state index in [1.165, 1.54) is 11.5 Å². The lowest BCUT2D eigenvalue weighted by atomic mass is 10.1. The Morgan fingerprint density at radius 1 is 1.14 bits per heavy atom. The third-order valence-electron chi connectivity index (χ3n) is 2.86. The quantitative estimate of drug-likeness (QED) is 0.754. The smallest absolute Gasteiger partial charge is 0.202 e. The average Bonchev–Trinajstić information content (AvgIpc) is 2.95. The number of hydrogen-bond donors (Lipinski definition) is 1. The number of rotatable bonds is 8. The minimum absolute atomic E-state index is 0.643. The van der Waals surface area contributed by atoms with Crippen molar-refractivity contribution in [2.24, 2.45) is 0 Å². The molecule has 1 heterocycles. The highest BCUT2D eigenvalue weighted by atomic mass is 32.1.